The highest BCUT2D eigenvalue weighted by molar-refractivity contribution is 6.74. The summed E-state index contributed by atoms with van der Waals surface area (Å²) in [7, 11) is -1.69. The standard InChI is InChI=1S/C27H48O2Si/c1-9-21-24(28)17-23-20-11-10-18-16-19(29-30(7,8)25(2,3)4)12-14-26(18,5)22(20)13-15-27(21,23)6/h9,18-20,22-24,28H,10-17H2,1-8H3/b21-9-/t18-,19-,20+,22-,23-,24-,26-,27+/m0/s1. The second-order valence-corrected chi connectivity index (χ2v) is 18.1. The van der Waals surface area contributed by atoms with Crippen LogP contribution in [0.2, 0.25) is 18.1 Å². The van der Waals surface area contributed by atoms with Gasteiger partial charge in [0.05, 0.1) is 6.10 Å². The monoisotopic (exact) mass is 432 g/mol. The molecular weight excluding hydrogens is 384 g/mol. The second-order valence-electron chi connectivity index (χ2n) is 13.4. The van der Waals surface area contributed by atoms with Crippen molar-refractivity contribution in [1.82, 2.24) is 0 Å². The van der Waals surface area contributed by atoms with E-state index >= 15 is 0 Å². The number of allylic oxidation sites excluding steroid dienone is 1. The average molecular weight is 433 g/mol. The molecule has 0 saturated heterocycles. The van der Waals surface area contributed by atoms with E-state index in [-0.39, 0.29) is 11.5 Å². The number of aliphatic hydroxyl groups excluding tert-OH is 1. The molecule has 2 nitrogen and oxygen atoms in total. The van der Waals surface area contributed by atoms with Crippen LogP contribution in [0.4, 0.5) is 0 Å². The molecule has 0 aromatic heterocycles. The Morgan fingerprint density at radius 1 is 1.00 bits per heavy atom. The molecule has 0 heterocycles. The van der Waals surface area contributed by atoms with Crippen LogP contribution >= 0.6 is 0 Å². The van der Waals surface area contributed by atoms with E-state index in [0.29, 0.717) is 22.5 Å². The van der Waals surface area contributed by atoms with Crippen molar-refractivity contribution in [2.75, 3.05) is 0 Å². The Labute approximate surface area is 187 Å². The molecule has 4 aliphatic carbocycles. The van der Waals surface area contributed by atoms with E-state index in [4.69, 9.17) is 4.43 Å². The first-order valence-electron chi connectivity index (χ1n) is 12.9. The molecule has 0 aliphatic heterocycles. The van der Waals surface area contributed by atoms with Crippen LogP contribution in [0.25, 0.3) is 0 Å². The Kier molecular flexibility index (Phi) is 5.73. The maximum Gasteiger partial charge on any atom is 0.192 e. The van der Waals surface area contributed by atoms with Crippen molar-refractivity contribution in [3.8, 4) is 0 Å². The molecule has 4 aliphatic rings. The van der Waals surface area contributed by atoms with Crippen molar-refractivity contribution in [2.24, 2.45) is 34.5 Å². The highest BCUT2D eigenvalue weighted by Crippen LogP contribution is 2.67. The summed E-state index contributed by atoms with van der Waals surface area (Å²) in [6, 6.07) is 0. The molecular formula is C27H48O2Si. The molecule has 0 unspecified atom stereocenters. The van der Waals surface area contributed by atoms with E-state index < -0.39 is 8.32 Å². The van der Waals surface area contributed by atoms with E-state index in [1.54, 1.807) is 0 Å². The number of hydrogen-bond donors (Lipinski definition) is 1. The van der Waals surface area contributed by atoms with Gasteiger partial charge < -0.3 is 9.53 Å². The van der Waals surface area contributed by atoms with E-state index in [1.165, 1.54) is 50.5 Å². The Hall–Kier alpha value is -0.123. The molecule has 30 heavy (non-hydrogen) atoms. The minimum atomic E-state index is -1.69. The molecule has 3 heteroatoms. The first-order valence-corrected chi connectivity index (χ1v) is 15.8. The van der Waals surface area contributed by atoms with Gasteiger partial charge in [-0.3, -0.25) is 0 Å². The molecule has 8 atom stereocenters. The fourth-order valence-corrected chi connectivity index (χ4v) is 9.70. The highest BCUT2D eigenvalue weighted by Gasteiger charge is 2.60. The van der Waals surface area contributed by atoms with Gasteiger partial charge in [0.1, 0.15) is 0 Å². The normalized spacial score (nSPS) is 48.2. The fourth-order valence-electron chi connectivity index (χ4n) is 8.30. The predicted octanol–water partition coefficient (Wildman–Crippen LogP) is 7.34. The van der Waals surface area contributed by atoms with Crippen molar-refractivity contribution >= 4 is 8.32 Å². The first kappa shape index (κ1) is 23.0. The van der Waals surface area contributed by atoms with Gasteiger partial charge in [-0.25, -0.2) is 0 Å². The molecule has 0 aromatic rings. The van der Waals surface area contributed by atoms with Gasteiger partial charge in [0, 0.05) is 6.10 Å². The fraction of sp³-hybridized carbons (Fsp3) is 0.926. The summed E-state index contributed by atoms with van der Waals surface area (Å²) in [5, 5.41) is 11.1. The van der Waals surface area contributed by atoms with Crippen LogP contribution in [0, 0.1) is 34.5 Å². The lowest BCUT2D eigenvalue weighted by Gasteiger charge is -2.61. The van der Waals surface area contributed by atoms with Crippen molar-refractivity contribution < 1.29 is 9.53 Å². The molecule has 0 spiro atoms. The number of hydrogen-bond acceptors (Lipinski definition) is 2. The number of rotatable bonds is 2. The Bertz CT molecular complexity index is 691. The second kappa shape index (κ2) is 7.45. The van der Waals surface area contributed by atoms with Gasteiger partial charge in [0.15, 0.2) is 8.32 Å². The lowest BCUT2D eigenvalue weighted by Crippen LogP contribution is -2.54. The zero-order valence-corrected chi connectivity index (χ0v) is 22.1. The summed E-state index contributed by atoms with van der Waals surface area (Å²) in [5.74, 6) is 3.19. The lowest BCUT2D eigenvalue weighted by atomic mass is 9.45. The van der Waals surface area contributed by atoms with Crippen molar-refractivity contribution in [2.45, 2.75) is 123 Å². The van der Waals surface area contributed by atoms with E-state index in [9.17, 15) is 5.11 Å². The molecule has 0 bridgehead atoms. The van der Waals surface area contributed by atoms with Gasteiger partial charge in [-0.1, -0.05) is 40.7 Å². The van der Waals surface area contributed by atoms with Gasteiger partial charge >= 0.3 is 0 Å². The molecule has 4 saturated carbocycles. The maximum atomic E-state index is 10.8. The largest absolute Gasteiger partial charge is 0.414 e. The van der Waals surface area contributed by atoms with Crippen molar-refractivity contribution in [1.29, 1.82) is 0 Å². The third kappa shape index (κ3) is 3.41. The maximum absolute atomic E-state index is 10.8. The summed E-state index contributed by atoms with van der Waals surface area (Å²) >= 11 is 0. The van der Waals surface area contributed by atoms with Crippen LogP contribution in [-0.2, 0) is 4.43 Å². The zero-order valence-electron chi connectivity index (χ0n) is 21.1. The topological polar surface area (TPSA) is 29.5 Å². The molecule has 1 N–H and O–H groups in total. The first-order chi connectivity index (χ1) is 13.8. The van der Waals surface area contributed by atoms with E-state index in [2.05, 4.69) is 60.7 Å². The molecule has 0 radical (unpaired) electrons. The Balaban J connectivity index is 1.50. The van der Waals surface area contributed by atoms with Crippen LogP contribution in [0.1, 0.15) is 92.9 Å². The third-order valence-corrected chi connectivity index (χ3v) is 15.6. The Morgan fingerprint density at radius 2 is 1.70 bits per heavy atom. The van der Waals surface area contributed by atoms with Gasteiger partial charge in [-0.05, 0) is 116 Å². The third-order valence-electron chi connectivity index (χ3n) is 11.1. The molecule has 0 amide bonds. The summed E-state index contributed by atoms with van der Waals surface area (Å²) in [6.07, 6.45) is 12.8. The number of fused-ring (bicyclic) bond motifs is 5. The van der Waals surface area contributed by atoms with Crippen LogP contribution in [0.3, 0.4) is 0 Å². The zero-order chi connectivity index (χ0) is 22.1. The average Bonchev–Trinajstić information content (AvgIpc) is 2.90. The SMILES string of the molecule is C/C=C1/[C@@H](O)C[C@H]2[C@@H]3CC[C@H]4C[C@@H](O[Si](C)(C)C(C)(C)C)CC[C@]4(C)[C@H]3CC[C@]12C. The van der Waals surface area contributed by atoms with Crippen LogP contribution in [0.15, 0.2) is 11.6 Å². The molecule has 4 rings (SSSR count). The van der Waals surface area contributed by atoms with Gasteiger partial charge in [-0.2, -0.15) is 0 Å². The van der Waals surface area contributed by atoms with Crippen LogP contribution in [-0.4, -0.2) is 25.6 Å². The summed E-state index contributed by atoms with van der Waals surface area (Å²) < 4.78 is 6.90. The van der Waals surface area contributed by atoms with Crippen molar-refractivity contribution in [3.63, 3.8) is 0 Å². The smallest absolute Gasteiger partial charge is 0.192 e. The molecule has 172 valence electrons. The van der Waals surface area contributed by atoms with Gasteiger partial charge in [0.2, 0.25) is 0 Å². The Morgan fingerprint density at radius 3 is 2.33 bits per heavy atom. The van der Waals surface area contributed by atoms with Gasteiger partial charge in [-0.15, -0.1) is 0 Å². The lowest BCUT2D eigenvalue weighted by molar-refractivity contribution is -0.115. The summed E-state index contributed by atoms with van der Waals surface area (Å²) in [6.45, 7) is 19.2. The minimum absolute atomic E-state index is 0.192. The number of aliphatic hydroxyl groups is 1. The van der Waals surface area contributed by atoms with Crippen molar-refractivity contribution in [3.05, 3.63) is 11.6 Å². The minimum Gasteiger partial charge on any atom is -0.414 e. The summed E-state index contributed by atoms with van der Waals surface area (Å²) in [5.41, 5.74) is 2.09. The van der Waals surface area contributed by atoms with E-state index in [1.807, 2.05) is 0 Å². The van der Waals surface area contributed by atoms with Crippen LogP contribution in [0.5, 0.6) is 0 Å². The quantitative estimate of drug-likeness (QED) is 0.365. The predicted molar refractivity (Wildman–Crippen MR) is 129 cm³/mol. The van der Waals surface area contributed by atoms with Crippen LogP contribution < -0.4 is 0 Å². The highest BCUT2D eigenvalue weighted by atomic mass is 28.4. The molecule has 4 fully saturated rings. The molecule has 0 aromatic carbocycles. The summed E-state index contributed by atoms with van der Waals surface area (Å²) in [4.78, 5) is 0. The van der Waals surface area contributed by atoms with Gasteiger partial charge in [0.25, 0.3) is 0 Å². The van der Waals surface area contributed by atoms with E-state index in [0.717, 1.165) is 24.2 Å².